The molecule has 1 saturated carbocycles. The number of benzene rings is 1. The lowest BCUT2D eigenvalue weighted by Crippen LogP contribution is -2.04. The van der Waals surface area contributed by atoms with Gasteiger partial charge in [-0.1, -0.05) is 11.6 Å². The monoisotopic (exact) mass is 207 g/mol. The molecule has 1 aromatic carbocycles. The Bertz CT molecular complexity index is 406. The number of hydrogen-bond donors (Lipinski definition) is 1. The molecule has 0 heterocycles. The minimum atomic E-state index is -0.519. The van der Waals surface area contributed by atoms with Crippen molar-refractivity contribution in [2.24, 2.45) is 0 Å². The van der Waals surface area contributed by atoms with Gasteiger partial charge in [-0.05, 0) is 37.5 Å². The van der Waals surface area contributed by atoms with Crippen molar-refractivity contribution >= 4 is 11.6 Å². The van der Waals surface area contributed by atoms with Crippen molar-refractivity contribution in [3.63, 3.8) is 0 Å². The van der Waals surface area contributed by atoms with Gasteiger partial charge in [-0.15, -0.1) is 0 Å². The first-order chi connectivity index (χ1) is 6.59. The third-order valence-electron chi connectivity index (χ3n) is 2.66. The van der Waals surface area contributed by atoms with Crippen molar-refractivity contribution in [3.05, 3.63) is 28.3 Å². The summed E-state index contributed by atoms with van der Waals surface area (Å²) in [7, 11) is 0. The Balaban J connectivity index is 2.60. The lowest BCUT2D eigenvalue weighted by Gasteiger charge is -2.11. The molecular weight excluding hydrogens is 198 g/mol. The summed E-state index contributed by atoms with van der Waals surface area (Å²) >= 11 is 6.03. The van der Waals surface area contributed by atoms with E-state index in [0.29, 0.717) is 10.6 Å². The zero-order valence-corrected chi connectivity index (χ0v) is 8.60. The van der Waals surface area contributed by atoms with Gasteiger partial charge in [0.2, 0.25) is 0 Å². The topological polar surface area (TPSA) is 44.0 Å². The fourth-order valence-corrected chi connectivity index (χ4v) is 2.19. The summed E-state index contributed by atoms with van der Waals surface area (Å²) < 4.78 is 0. The highest BCUT2D eigenvalue weighted by atomic mass is 35.5. The van der Waals surface area contributed by atoms with Crippen LogP contribution in [0.3, 0.4) is 0 Å². The smallest absolute Gasteiger partial charge is 0.122 e. The lowest BCUT2D eigenvalue weighted by atomic mass is 9.95. The van der Waals surface area contributed by atoms with E-state index in [9.17, 15) is 5.11 Å². The molecular formula is C11H10ClNO. The molecule has 0 unspecified atom stereocenters. The second-order valence-corrected chi connectivity index (χ2v) is 4.24. The normalized spacial score (nSPS) is 17.5. The van der Waals surface area contributed by atoms with Crippen LogP contribution in [0.2, 0.25) is 5.02 Å². The molecule has 0 aliphatic heterocycles. The molecule has 0 aromatic heterocycles. The van der Waals surface area contributed by atoms with E-state index in [4.69, 9.17) is 16.9 Å². The predicted octanol–water partition coefficient (Wildman–Crippen LogP) is 2.91. The first-order valence-electron chi connectivity index (χ1n) is 4.50. The summed E-state index contributed by atoms with van der Waals surface area (Å²) in [6, 6.07) is 5.66. The predicted molar refractivity (Wildman–Crippen MR) is 54.4 cm³/mol. The van der Waals surface area contributed by atoms with Gasteiger partial charge in [-0.3, -0.25) is 0 Å². The van der Waals surface area contributed by atoms with E-state index in [1.54, 1.807) is 12.1 Å². The maximum Gasteiger partial charge on any atom is 0.122 e. The minimum absolute atomic E-state index is 0.147. The number of nitriles is 1. The molecule has 0 saturated heterocycles. The van der Waals surface area contributed by atoms with E-state index in [1.165, 1.54) is 0 Å². The maximum atomic E-state index is 9.74. The van der Waals surface area contributed by atoms with Crippen molar-refractivity contribution in [2.75, 3.05) is 0 Å². The summed E-state index contributed by atoms with van der Waals surface area (Å²) in [6.07, 6.45) is 1.58. The number of halogens is 1. The van der Waals surface area contributed by atoms with Gasteiger partial charge in [0, 0.05) is 10.6 Å². The van der Waals surface area contributed by atoms with Crippen LogP contribution in [0.1, 0.15) is 24.0 Å². The first kappa shape index (κ1) is 9.36. The van der Waals surface area contributed by atoms with Crippen LogP contribution in [0.4, 0.5) is 0 Å². The summed E-state index contributed by atoms with van der Waals surface area (Å²) in [5.41, 5.74) is 0.992. The van der Waals surface area contributed by atoms with Crippen LogP contribution < -0.4 is 0 Å². The molecule has 1 fully saturated rings. The zero-order chi connectivity index (χ0) is 10.3. The third kappa shape index (κ3) is 1.25. The van der Waals surface area contributed by atoms with Crippen LogP contribution in [0.15, 0.2) is 12.1 Å². The molecule has 2 rings (SSSR count). The van der Waals surface area contributed by atoms with Crippen molar-refractivity contribution in [1.82, 2.24) is 0 Å². The Morgan fingerprint density at radius 3 is 2.57 bits per heavy atom. The fourth-order valence-electron chi connectivity index (χ4n) is 1.74. The van der Waals surface area contributed by atoms with Gasteiger partial charge in [0.05, 0.1) is 11.5 Å². The minimum Gasteiger partial charge on any atom is -0.508 e. The lowest BCUT2D eigenvalue weighted by molar-refractivity contribution is 0.464. The second kappa shape index (κ2) is 2.90. The largest absolute Gasteiger partial charge is 0.508 e. The van der Waals surface area contributed by atoms with E-state index >= 15 is 0 Å². The molecule has 2 nitrogen and oxygen atoms in total. The highest BCUT2D eigenvalue weighted by Gasteiger charge is 2.48. The number of hydrogen-bond acceptors (Lipinski definition) is 2. The first-order valence-corrected chi connectivity index (χ1v) is 4.88. The van der Waals surface area contributed by atoms with Gasteiger partial charge in [0.15, 0.2) is 0 Å². The van der Waals surface area contributed by atoms with E-state index in [2.05, 4.69) is 6.07 Å². The van der Waals surface area contributed by atoms with Gasteiger partial charge in [0.25, 0.3) is 0 Å². The summed E-state index contributed by atoms with van der Waals surface area (Å²) in [5.74, 6) is 0.147. The van der Waals surface area contributed by atoms with Crippen molar-refractivity contribution < 1.29 is 5.11 Å². The van der Waals surface area contributed by atoms with E-state index < -0.39 is 5.41 Å². The highest BCUT2D eigenvalue weighted by Crippen LogP contribution is 2.53. The summed E-state index contributed by atoms with van der Waals surface area (Å²) in [4.78, 5) is 0. The van der Waals surface area contributed by atoms with Crippen LogP contribution in [-0.4, -0.2) is 5.11 Å². The Labute approximate surface area is 87.7 Å². The third-order valence-corrected chi connectivity index (χ3v) is 2.95. The summed E-state index contributed by atoms with van der Waals surface area (Å²) in [6.45, 7) is 1.86. The van der Waals surface area contributed by atoms with Crippen molar-refractivity contribution in [3.8, 4) is 11.8 Å². The molecule has 1 aliphatic rings. The Hall–Kier alpha value is -1.20. The molecule has 0 bridgehead atoms. The maximum absolute atomic E-state index is 9.74. The van der Waals surface area contributed by atoms with E-state index in [-0.39, 0.29) is 5.75 Å². The standard InChI is InChI=1S/C11H10ClNO/c1-7-4-8(12)10(9(14)5-7)11(6-13)2-3-11/h4-5,14H,2-3H2,1H3. The molecule has 3 heteroatoms. The quantitative estimate of drug-likeness (QED) is 0.770. The molecule has 0 radical (unpaired) electrons. The average molecular weight is 208 g/mol. The number of aryl methyl sites for hydroxylation is 1. The van der Waals surface area contributed by atoms with Gasteiger partial charge in [0.1, 0.15) is 5.75 Å². The molecule has 1 aliphatic carbocycles. The Kier molecular flexibility index (Phi) is 1.94. The molecule has 1 aromatic rings. The Morgan fingerprint density at radius 2 is 2.14 bits per heavy atom. The SMILES string of the molecule is Cc1cc(O)c(C2(C#N)CC2)c(Cl)c1. The van der Waals surface area contributed by atoms with E-state index in [1.807, 2.05) is 6.92 Å². The molecule has 0 atom stereocenters. The van der Waals surface area contributed by atoms with Crippen LogP contribution >= 0.6 is 11.6 Å². The Morgan fingerprint density at radius 1 is 1.50 bits per heavy atom. The fraction of sp³-hybridized carbons (Fsp3) is 0.364. The van der Waals surface area contributed by atoms with Crippen LogP contribution in [0, 0.1) is 18.3 Å². The van der Waals surface area contributed by atoms with Crippen LogP contribution in [0.5, 0.6) is 5.75 Å². The number of nitrogens with zero attached hydrogens (tertiary/aromatic N) is 1. The number of phenolic OH excluding ortho intramolecular Hbond substituents is 1. The number of aromatic hydroxyl groups is 1. The molecule has 0 amide bonds. The van der Waals surface area contributed by atoms with E-state index in [0.717, 1.165) is 18.4 Å². The van der Waals surface area contributed by atoms with Gasteiger partial charge >= 0.3 is 0 Å². The summed E-state index contributed by atoms with van der Waals surface area (Å²) in [5, 5.41) is 19.3. The zero-order valence-electron chi connectivity index (χ0n) is 7.84. The van der Waals surface area contributed by atoms with Gasteiger partial charge < -0.3 is 5.11 Å². The second-order valence-electron chi connectivity index (χ2n) is 3.83. The van der Waals surface area contributed by atoms with Gasteiger partial charge in [-0.25, -0.2) is 0 Å². The molecule has 1 N–H and O–H groups in total. The highest BCUT2D eigenvalue weighted by molar-refractivity contribution is 6.31. The van der Waals surface area contributed by atoms with Crippen LogP contribution in [-0.2, 0) is 5.41 Å². The number of rotatable bonds is 1. The van der Waals surface area contributed by atoms with Crippen LogP contribution in [0.25, 0.3) is 0 Å². The van der Waals surface area contributed by atoms with Crippen molar-refractivity contribution in [1.29, 1.82) is 5.26 Å². The average Bonchev–Trinajstić information content (AvgIpc) is 2.83. The molecule has 72 valence electrons. The van der Waals surface area contributed by atoms with Crippen molar-refractivity contribution in [2.45, 2.75) is 25.2 Å². The van der Waals surface area contributed by atoms with Gasteiger partial charge in [-0.2, -0.15) is 5.26 Å². The molecule has 0 spiro atoms. The number of phenols is 1. The molecule has 14 heavy (non-hydrogen) atoms.